The fraction of sp³-hybridized carbons (Fsp3) is 0.688. The monoisotopic (exact) mass is 307 g/mol. The normalized spacial score (nSPS) is 31.0. The van der Waals surface area contributed by atoms with Crippen LogP contribution in [0.1, 0.15) is 44.8 Å². The Morgan fingerprint density at radius 3 is 2.95 bits per heavy atom. The van der Waals surface area contributed by atoms with Crippen LogP contribution in [0.25, 0.3) is 0 Å². The van der Waals surface area contributed by atoms with Crippen molar-refractivity contribution in [3.63, 3.8) is 0 Å². The van der Waals surface area contributed by atoms with E-state index < -0.39 is 0 Å². The van der Waals surface area contributed by atoms with E-state index in [9.17, 15) is 4.79 Å². The van der Waals surface area contributed by atoms with Crippen LogP contribution in [0.3, 0.4) is 0 Å². The average molecular weight is 307 g/mol. The molecule has 3 atom stereocenters. The molecule has 0 aliphatic carbocycles. The minimum atomic E-state index is -0.0214. The maximum absolute atomic E-state index is 12.8. The second-order valence-corrected chi connectivity index (χ2v) is 6.80. The molecule has 1 amide bonds. The molecule has 116 valence electrons. The number of carbonyl (C=O) groups excluding carboxylic acids is 1. The number of likely N-dealkylation sites (tertiary alicyclic amines) is 1. The van der Waals surface area contributed by atoms with Crippen molar-refractivity contribution in [2.75, 3.05) is 19.6 Å². The lowest BCUT2D eigenvalue weighted by molar-refractivity contribution is -0.133. The van der Waals surface area contributed by atoms with Gasteiger partial charge in [0.25, 0.3) is 0 Å². The summed E-state index contributed by atoms with van der Waals surface area (Å²) in [6.45, 7) is 7.55. The molecule has 0 bridgehead atoms. The van der Waals surface area contributed by atoms with Crippen molar-refractivity contribution in [2.45, 2.75) is 51.4 Å². The van der Waals surface area contributed by atoms with Gasteiger partial charge in [-0.2, -0.15) is 11.3 Å². The Morgan fingerprint density at radius 1 is 1.43 bits per heavy atom. The molecule has 2 aliphatic rings. The maximum Gasteiger partial charge on any atom is 0.241 e. The SMILES string of the molecule is CCC1NC(c2ccsc2)N(C2CCCN(CC)C2)C1=O. The van der Waals surface area contributed by atoms with Gasteiger partial charge in [0.2, 0.25) is 5.91 Å². The van der Waals surface area contributed by atoms with Crippen molar-refractivity contribution >= 4 is 17.2 Å². The summed E-state index contributed by atoms with van der Waals surface area (Å²) in [5.74, 6) is 0.289. The fourth-order valence-electron chi connectivity index (χ4n) is 3.57. The van der Waals surface area contributed by atoms with Crippen LogP contribution in [0.4, 0.5) is 0 Å². The fourth-order valence-corrected chi connectivity index (χ4v) is 4.24. The molecule has 0 spiro atoms. The number of rotatable bonds is 4. The molecule has 1 N–H and O–H groups in total. The molecule has 5 heteroatoms. The molecule has 3 unspecified atom stereocenters. The molecule has 3 heterocycles. The number of likely N-dealkylation sites (N-methyl/N-ethyl adjacent to an activating group) is 1. The van der Waals surface area contributed by atoms with Crippen molar-refractivity contribution in [3.8, 4) is 0 Å². The Balaban J connectivity index is 1.83. The molecule has 1 aromatic heterocycles. The lowest BCUT2D eigenvalue weighted by Gasteiger charge is -2.39. The van der Waals surface area contributed by atoms with Crippen molar-refractivity contribution in [2.24, 2.45) is 0 Å². The highest BCUT2D eigenvalue weighted by molar-refractivity contribution is 7.07. The molecular formula is C16H25N3OS. The van der Waals surface area contributed by atoms with Crippen molar-refractivity contribution in [3.05, 3.63) is 22.4 Å². The first kappa shape index (κ1) is 15.0. The Kier molecular flexibility index (Phi) is 4.62. The summed E-state index contributed by atoms with van der Waals surface area (Å²) in [6, 6.07) is 2.47. The topological polar surface area (TPSA) is 35.6 Å². The number of amides is 1. The number of hydrogen-bond donors (Lipinski definition) is 1. The summed E-state index contributed by atoms with van der Waals surface area (Å²) >= 11 is 1.70. The molecule has 21 heavy (non-hydrogen) atoms. The third-order valence-corrected chi connectivity index (χ3v) is 5.48. The molecule has 2 saturated heterocycles. The van der Waals surface area contributed by atoms with E-state index in [1.807, 2.05) is 0 Å². The predicted molar refractivity (Wildman–Crippen MR) is 86.3 cm³/mol. The van der Waals surface area contributed by atoms with Gasteiger partial charge >= 0.3 is 0 Å². The van der Waals surface area contributed by atoms with Crippen LogP contribution in [0, 0.1) is 0 Å². The van der Waals surface area contributed by atoms with Crippen molar-refractivity contribution in [1.82, 2.24) is 15.1 Å². The number of thiophene rings is 1. The molecule has 0 radical (unpaired) electrons. The number of nitrogens with zero attached hydrogens (tertiary/aromatic N) is 2. The highest BCUT2D eigenvalue weighted by atomic mass is 32.1. The van der Waals surface area contributed by atoms with Gasteiger partial charge in [-0.1, -0.05) is 13.8 Å². The van der Waals surface area contributed by atoms with Crippen LogP contribution in [0.2, 0.25) is 0 Å². The van der Waals surface area contributed by atoms with Gasteiger partial charge in [-0.05, 0) is 54.7 Å². The van der Waals surface area contributed by atoms with Crippen LogP contribution < -0.4 is 5.32 Å². The van der Waals surface area contributed by atoms with Gasteiger partial charge < -0.3 is 9.80 Å². The molecule has 3 rings (SSSR count). The Morgan fingerprint density at radius 2 is 2.29 bits per heavy atom. The van der Waals surface area contributed by atoms with Crippen molar-refractivity contribution < 1.29 is 4.79 Å². The van der Waals surface area contributed by atoms with E-state index >= 15 is 0 Å². The number of hydrogen-bond acceptors (Lipinski definition) is 4. The van der Waals surface area contributed by atoms with Gasteiger partial charge in [-0.15, -0.1) is 0 Å². The molecule has 2 fully saturated rings. The smallest absolute Gasteiger partial charge is 0.241 e. The van der Waals surface area contributed by atoms with Gasteiger partial charge in [0.1, 0.15) is 6.17 Å². The Hall–Kier alpha value is -0.910. The summed E-state index contributed by atoms with van der Waals surface area (Å²) < 4.78 is 0. The Labute approximate surface area is 131 Å². The van der Waals surface area contributed by atoms with Crippen molar-refractivity contribution in [1.29, 1.82) is 0 Å². The number of piperidine rings is 1. The zero-order valence-corrected chi connectivity index (χ0v) is 13.7. The van der Waals surface area contributed by atoms with Crippen LogP contribution in [0.15, 0.2) is 16.8 Å². The quantitative estimate of drug-likeness (QED) is 0.928. The first-order valence-corrected chi connectivity index (χ1v) is 9.01. The molecule has 4 nitrogen and oxygen atoms in total. The zero-order valence-electron chi connectivity index (χ0n) is 12.9. The zero-order chi connectivity index (χ0) is 14.8. The largest absolute Gasteiger partial charge is 0.317 e. The van der Waals surface area contributed by atoms with Gasteiger partial charge in [-0.25, -0.2) is 0 Å². The molecule has 1 aromatic rings. The predicted octanol–water partition coefficient (Wildman–Crippen LogP) is 2.44. The summed E-state index contributed by atoms with van der Waals surface area (Å²) in [6.07, 6.45) is 3.24. The minimum absolute atomic E-state index is 0.0214. The average Bonchev–Trinajstić information content (AvgIpc) is 3.14. The van der Waals surface area contributed by atoms with E-state index in [-0.39, 0.29) is 18.1 Å². The van der Waals surface area contributed by atoms with E-state index in [0.29, 0.717) is 6.04 Å². The van der Waals surface area contributed by atoms with Crippen LogP contribution in [0.5, 0.6) is 0 Å². The third-order valence-electron chi connectivity index (χ3n) is 4.78. The van der Waals surface area contributed by atoms with Gasteiger partial charge in [-0.3, -0.25) is 10.1 Å². The first-order chi connectivity index (χ1) is 10.2. The van der Waals surface area contributed by atoms with Gasteiger partial charge in [0.15, 0.2) is 0 Å². The minimum Gasteiger partial charge on any atom is -0.317 e. The summed E-state index contributed by atoms with van der Waals surface area (Å²) in [7, 11) is 0. The number of carbonyl (C=O) groups is 1. The molecular weight excluding hydrogens is 282 g/mol. The standard InChI is InChI=1S/C16H25N3OS/c1-3-14-16(20)19(13-6-5-8-18(4-2)10-13)15(17-14)12-7-9-21-11-12/h7,9,11,13-15,17H,3-6,8,10H2,1-2H3. The van der Waals surface area contributed by atoms with E-state index in [4.69, 9.17) is 0 Å². The summed E-state index contributed by atoms with van der Waals surface area (Å²) in [5, 5.41) is 7.80. The molecule has 0 saturated carbocycles. The lowest BCUT2D eigenvalue weighted by Crippen LogP contribution is -2.50. The van der Waals surface area contributed by atoms with E-state index in [2.05, 4.69) is 45.8 Å². The first-order valence-electron chi connectivity index (χ1n) is 8.07. The van der Waals surface area contributed by atoms with E-state index in [1.165, 1.54) is 18.5 Å². The van der Waals surface area contributed by atoms with Crippen LogP contribution in [-0.4, -0.2) is 47.4 Å². The van der Waals surface area contributed by atoms with E-state index in [1.54, 1.807) is 11.3 Å². The highest BCUT2D eigenvalue weighted by Gasteiger charge is 2.43. The van der Waals surface area contributed by atoms with Gasteiger partial charge in [0, 0.05) is 12.6 Å². The second-order valence-electron chi connectivity index (χ2n) is 6.02. The third kappa shape index (κ3) is 2.87. The summed E-state index contributed by atoms with van der Waals surface area (Å²) in [5.41, 5.74) is 1.23. The molecule has 2 aliphatic heterocycles. The molecule has 0 aromatic carbocycles. The number of nitrogens with one attached hydrogen (secondary N) is 1. The van der Waals surface area contributed by atoms with E-state index in [0.717, 1.165) is 25.9 Å². The Bertz CT molecular complexity index is 476. The van der Waals surface area contributed by atoms with Crippen LogP contribution >= 0.6 is 11.3 Å². The summed E-state index contributed by atoms with van der Waals surface area (Å²) in [4.78, 5) is 17.4. The second kappa shape index (κ2) is 6.46. The highest BCUT2D eigenvalue weighted by Crippen LogP contribution is 2.32. The van der Waals surface area contributed by atoms with Gasteiger partial charge in [0.05, 0.1) is 6.04 Å². The maximum atomic E-state index is 12.8. The van der Waals surface area contributed by atoms with Crippen LogP contribution in [-0.2, 0) is 4.79 Å². The lowest BCUT2D eigenvalue weighted by atomic mass is 10.0.